The molecule has 1 aromatic rings. The van der Waals surface area contributed by atoms with Crippen LogP contribution >= 0.6 is 0 Å². The van der Waals surface area contributed by atoms with E-state index in [0.29, 0.717) is 12.1 Å². The SMILES string of the molecule is CCCC(CN)Nc1ccc(C(N)=O)cc1. The first-order chi connectivity index (χ1) is 7.67. The molecule has 0 aliphatic rings. The van der Waals surface area contributed by atoms with Crippen LogP contribution in [0.4, 0.5) is 5.69 Å². The van der Waals surface area contributed by atoms with Gasteiger partial charge in [0.25, 0.3) is 0 Å². The van der Waals surface area contributed by atoms with Crippen LogP contribution in [0.3, 0.4) is 0 Å². The van der Waals surface area contributed by atoms with Crippen LogP contribution in [0, 0.1) is 0 Å². The summed E-state index contributed by atoms with van der Waals surface area (Å²) in [5.74, 6) is -0.407. The molecule has 0 aliphatic heterocycles. The summed E-state index contributed by atoms with van der Waals surface area (Å²) >= 11 is 0. The Morgan fingerprint density at radius 2 is 2.00 bits per heavy atom. The Bertz CT molecular complexity index is 335. The van der Waals surface area contributed by atoms with Crippen molar-refractivity contribution in [1.29, 1.82) is 0 Å². The van der Waals surface area contributed by atoms with Crippen LogP contribution < -0.4 is 16.8 Å². The molecule has 4 nitrogen and oxygen atoms in total. The van der Waals surface area contributed by atoms with E-state index in [-0.39, 0.29) is 6.04 Å². The first kappa shape index (κ1) is 12.5. The average molecular weight is 221 g/mol. The Morgan fingerprint density at radius 1 is 1.38 bits per heavy atom. The summed E-state index contributed by atoms with van der Waals surface area (Å²) in [6.45, 7) is 2.73. The quantitative estimate of drug-likeness (QED) is 0.677. The third-order valence-electron chi connectivity index (χ3n) is 2.46. The number of rotatable bonds is 6. The molecule has 1 amide bonds. The highest BCUT2D eigenvalue weighted by Gasteiger charge is 2.05. The number of carbonyl (C=O) groups is 1. The van der Waals surface area contributed by atoms with Crippen molar-refractivity contribution in [2.75, 3.05) is 11.9 Å². The van der Waals surface area contributed by atoms with Gasteiger partial charge in [-0.25, -0.2) is 0 Å². The lowest BCUT2D eigenvalue weighted by atomic mass is 10.1. The van der Waals surface area contributed by atoms with Crippen LogP contribution in [-0.2, 0) is 0 Å². The van der Waals surface area contributed by atoms with Crippen LogP contribution in [0.1, 0.15) is 30.1 Å². The van der Waals surface area contributed by atoms with E-state index >= 15 is 0 Å². The maximum Gasteiger partial charge on any atom is 0.248 e. The maximum atomic E-state index is 10.9. The number of primary amides is 1. The monoisotopic (exact) mass is 221 g/mol. The number of amides is 1. The summed E-state index contributed by atoms with van der Waals surface area (Å²) < 4.78 is 0. The molecule has 0 aliphatic carbocycles. The van der Waals surface area contributed by atoms with Crippen molar-refractivity contribution in [2.24, 2.45) is 11.5 Å². The normalized spacial score (nSPS) is 12.1. The van der Waals surface area contributed by atoms with E-state index in [9.17, 15) is 4.79 Å². The molecule has 0 saturated heterocycles. The topological polar surface area (TPSA) is 81.1 Å². The molecular formula is C12H19N3O. The van der Waals surface area contributed by atoms with E-state index in [1.54, 1.807) is 12.1 Å². The first-order valence-corrected chi connectivity index (χ1v) is 5.53. The third kappa shape index (κ3) is 3.55. The van der Waals surface area contributed by atoms with Crippen molar-refractivity contribution in [3.63, 3.8) is 0 Å². The van der Waals surface area contributed by atoms with Crippen LogP contribution in [0.5, 0.6) is 0 Å². The van der Waals surface area contributed by atoms with Crippen molar-refractivity contribution in [3.05, 3.63) is 29.8 Å². The highest BCUT2D eigenvalue weighted by atomic mass is 16.1. The molecule has 5 N–H and O–H groups in total. The van der Waals surface area contributed by atoms with E-state index in [1.807, 2.05) is 12.1 Å². The van der Waals surface area contributed by atoms with Gasteiger partial charge in [0.15, 0.2) is 0 Å². The number of nitrogens with two attached hydrogens (primary N) is 2. The molecule has 0 fully saturated rings. The van der Waals surface area contributed by atoms with Crippen LogP contribution in [0.15, 0.2) is 24.3 Å². The van der Waals surface area contributed by atoms with Crippen LogP contribution in [0.2, 0.25) is 0 Å². The Balaban J connectivity index is 2.63. The molecule has 1 rings (SSSR count). The van der Waals surface area contributed by atoms with Gasteiger partial charge in [0.1, 0.15) is 0 Å². The lowest BCUT2D eigenvalue weighted by Crippen LogP contribution is -2.28. The van der Waals surface area contributed by atoms with E-state index in [2.05, 4.69) is 12.2 Å². The van der Waals surface area contributed by atoms with E-state index in [1.165, 1.54) is 0 Å². The second-order valence-corrected chi connectivity index (χ2v) is 3.81. The van der Waals surface area contributed by atoms with Crippen molar-refractivity contribution in [2.45, 2.75) is 25.8 Å². The summed E-state index contributed by atoms with van der Waals surface area (Å²) in [7, 11) is 0. The van der Waals surface area contributed by atoms with Crippen molar-refractivity contribution >= 4 is 11.6 Å². The number of anilines is 1. The highest BCUT2D eigenvalue weighted by Crippen LogP contribution is 2.11. The van der Waals surface area contributed by atoms with Gasteiger partial charge in [-0.2, -0.15) is 0 Å². The minimum absolute atomic E-state index is 0.282. The zero-order valence-electron chi connectivity index (χ0n) is 9.57. The molecule has 1 atom stereocenters. The largest absolute Gasteiger partial charge is 0.381 e. The van der Waals surface area contributed by atoms with Crippen molar-refractivity contribution in [3.8, 4) is 0 Å². The number of hydrogen-bond donors (Lipinski definition) is 3. The maximum absolute atomic E-state index is 10.9. The molecule has 0 spiro atoms. The van der Waals surface area contributed by atoms with E-state index < -0.39 is 5.91 Å². The summed E-state index contributed by atoms with van der Waals surface area (Å²) in [5, 5.41) is 3.32. The molecule has 4 heteroatoms. The standard InChI is InChI=1S/C12H19N3O/c1-2-3-11(8-13)15-10-6-4-9(5-7-10)12(14)16/h4-7,11,15H,2-3,8,13H2,1H3,(H2,14,16). The Kier molecular flexibility index (Phi) is 4.79. The minimum atomic E-state index is -0.407. The predicted octanol–water partition coefficient (Wildman–Crippen LogP) is 1.32. The Hall–Kier alpha value is -1.55. The second kappa shape index (κ2) is 6.12. The Morgan fingerprint density at radius 3 is 2.44 bits per heavy atom. The summed E-state index contributed by atoms with van der Waals surface area (Å²) in [5.41, 5.74) is 12.3. The fraction of sp³-hybridized carbons (Fsp3) is 0.417. The third-order valence-corrected chi connectivity index (χ3v) is 2.46. The lowest BCUT2D eigenvalue weighted by molar-refractivity contribution is 0.100. The van der Waals surface area contributed by atoms with Gasteiger partial charge >= 0.3 is 0 Å². The fourth-order valence-electron chi connectivity index (χ4n) is 1.56. The highest BCUT2D eigenvalue weighted by molar-refractivity contribution is 5.93. The number of carbonyl (C=O) groups excluding carboxylic acids is 1. The van der Waals surface area contributed by atoms with Gasteiger partial charge in [-0.15, -0.1) is 0 Å². The number of benzene rings is 1. The molecule has 0 radical (unpaired) electrons. The molecule has 16 heavy (non-hydrogen) atoms. The van der Waals surface area contributed by atoms with E-state index in [4.69, 9.17) is 11.5 Å². The van der Waals surface area contributed by atoms with Gasteiger partial charge in [0, 0.05) is 23.8 Å². The molecule has 1 unspecified atom stereocenters. The average Bonchev–Trinajstić information content (AvgIpc) is 2.29. The lowest BCUT2D eigenvalue weighted by Gasteiger charge is -2.17. The molecular weight excluding hydrogens is 202 g/mol. The molecule has 88 valence electrons. The molecule has 0 heterocycles. The van der Waals surface area contributed by atoms with Gasteiger partial charge in [-0.1, -0.05) is 13.3 Å². The van der Waals surface area contributed by atoms with Crippen LogP contribution in [0.25, 0.3) is 0 Å². The van der Waals surface area contributed by atoms with Gasteiger partial charge < -0.3 is 16.8 Å². The fourth-order valence-corrected chi connectivity index (χ4v) is 1.56. The summed E-state index contributed by atoms with van der Waals surface area (Å²) in [4.78, 5) is 10.9. The second-order valence-electron chi connectivity index (χ2n) is 3.81. The number of nitrogens with one attached hydrogen (secondary N) is 1. The van der Waals surface area contributed by atoms with Gasteiger partial charge in [0.05, 0.1) is 0 Å². The Labute approximate surface area is 96.0 Å². The molecule has 0 bridgehead atoms. The zero-order valence-corrected chi connectivity index (χ0v) is 9.57. The van der Waals surface area contributed by atoms with Crippen molar-refractivity contribution < 1.29 is 4.79 Å². The zero-order chi connectivity index (χ0) is 12.0. The van der Waals surface area contributed by atoms with Gasteiger partial charge in [-0.3, -0.25) is 4.79 Å². The molecule has 1 aromatic carbocycles. The summed E-state index contributed by atoms with van der Waals surface area (Å²) in [6.07, 6.45) is 2.13. The smallest absolute Gasteiger partial charge is 0.248 e. The van der Waals surface area contributed by atoms with Crippen molar-refractivity contribution in [1.82, 2.24) is 0 Å². The minimum Gasteiger partial charge on any atom is -0.381 e. The molecule has 0 saturated carbocycles. The van der Waals surface area contributed by atoms with E-state index in [0.717, 1.165) is 18.5 Å². The molecule has 0 aromatic heterocycles. The van der Waals surface area contributed by atoms with Gasteiger partial charge in [-0.05, 0) is 30.7 Å². The van der Waals surface area contributed by atoms with Crippen LogP contribution in [-0.4, -0.2) is 18.5 Å². The predicted molar refractivity (Wildman–Crippen MR) is 66.3 cm³/mol. The first-order valence-electron chi connectivity index (χ1n) is 5.53. The van der Waals surface area contributed by atoms with Gasteiger partial charge in [0.2, 0.25) is 5.91 Å². The summed E-state index contributed by atoms with van der Waals surface area (Å²) in [6, 6.07) is 7.40. The number of hydrogen-bond acceptors (Lipinski definition) is 3.